The number of amides is 1. The van der Waals surface area contributed by atoms with Gasteiger partial charge in [-0.1, -0.05) is 54.3 Å². The van der Waals surface area contributed by atoms with E-state index < -0.39 is 23.6 Å². The zero-order chi connectivity index (χ0) is 19.8. The van der Waals surface area contributed by atoms with E-state index in [2.05, 4.69) is 0 Å². The van der Waals surface area contributed by atoms with Crippen molar-refractivity contribution in [3.05, 3.63) is 70.1 Å². The van der Waals surface area contributed by atoms with E-state index in [0.29, 0.717) is 0 Å². The molecule has 1 aliphatic heterocycles. The Labute approximate surface area is 161 Å². The minimum Gasteiger partial charge on any atom is -0.478 e. The van der Waals surface area contributed by atoms with E-state index in [1.165, 1.54) is 42.5 Å². The normalized spacial score (nSPS) is 16.3. The lowest BCUT2D eigenvalue weighted by Crippen LogP contribution is -2.29. The first kappa shape index (κ1) is 19.1. The largest absolute Gasteiger partial charge is 0.478 e. The van der Waals surface area contributed by atoms with Crippen LogP contribution in [0.4, 0.5) is 18.9 Å². The smallest absolute Gasteiger partial charge is 0.418 e. The summed E-state index contributed by atoms with van der Waals surface area (Å²) in [4.78, 5) is 24.9. The quantitative estimate of drug-likeness (QED) is 0.583. The molecule has 3 rings (SSSR count). The number of anilines is 1. The molecule has 1 amide bonds. The van der Waals surface area contributed by atoms with E-state index in [0.717, 1.165) is 22.7 Å². The van der Waals surface area contributed by atoms with Gasteiger partial charge in [0, 0.05) is 0 Å². The number of carboxylic acid groups (broad SMARTS) is 1. The van der Waals surface area contributed by atoms with E-state index >= 15 is 0 Å². The van der Waals surface area contributed by atoms with Crippen LogP contribution in [-0.2, 0) is 11.0 Å². The maximum absolute atomic E-state index is 13.3. The molecular weight excluding hydrogens is 399 g/mol. The monoisotopic (exact) mass is 409 g/mol. The van der Waals surface area contributed by atoms with Gasteiger partial charge in [-0.2, -0.15) is 13.2 Å². The number of hydrogen-bond donors (Lipinski definition) is 1. The Morgan fingerprint density at radius 1 is 1.11 bits per heavy atom. The lowest BCUT2D eigenvalue weighted by Gasteiger charge is -2.20. The highest BCUT2D eigenvalue weighted by Crippen LogP contribution is 2.42. The summed E-state index contributed by atoms with van der Waals surface area (Å²) in [6.45, 7) is 0. The summed E-state index contributed by atoms with van der Waals surface area (Å²) in [7, 11) is 0. The second kappa shape index (κ2) is 7.16. The van der Waals surface area contributed by atoms with Gasteiger partial charge in [-0.15, -0.1) is 0 Å². The first-order valence-electron chi connectivity index (χ1n) is 7.46. The van der Waals surface area contributed by atoms with Gasteiger partial charge in [0.05, 0.1) is 21.7 Å². The van der Waals surface area contributed by atoms with E-state index in [9.17, 15) is 27.9 Å². The number of thioether (sulfide) groups is 1. The van der Waals surface area contributed by atoms with Gasteiger partial charge in [-0.25, -0.2) is 4.79 Å². The van der Waals surface area contributed by atoms with Crippen molar-refractivity contribution in [3.8, 4) is 0 Å². The SMILES string of the molecule is O=C(O)c1ccccc1/C=C1/SC(=S)N(c2ccccc2C(F)(F)F)C1=O. The van der Waals surface area contributed by atoms with E-state index in [-0.39, 0.29) is 26.0 Å². The van der Waals surface area contributed by atoms with Crippen molar-refractivity contribution in [2.75, 3.05) is 4.90 Å². The molecule has 138 valence electrons. The van der Waals surface area contributed by atoms with Crippen LogP contribution >= 0.6 is 24.0 Å². The number of carboxylic acids is 1. The highest BCUT2D eigenvalue weighted by atomic mass is 32.2. The molecule has 0 saturated carbocycles. The van der Waals surface area contributed by atoms with Gasteiger partial charge >= 0.3 is 12.1 Å². The van der Waals surface area contributed by atoms with Crippen LogP contribution in [0.15, 0.2) is 53.4 Å². The van der Waals surface area contributed by atoms with Gasteiger partial charge in [0.25, 0.3) is 5.91 Å². The Morgan fingerprint density at radius 2 is 1.74 bits per heavy atom. The van der Waals surface area contributed by atoms with Crippen molar-refractivity contribution >= 4 is 51.9 Å². The van der Waals surface area contributed by atoms with Crippen LogP contribution < -0.4 is 4.90 Å². The van der Waals surface area contributed by atoms with Crippen molar-refractivity contribution in [2.45, 2.75) is 6.18 Å². The molecule has 1 aliphatic rings. The van der Waals surface area contributed by atoms with Crippen LogP contribution in [0.2, 0.25) is 0 Å². The second-order valence-electron chi connectivity index (χ2n) is 5.42. The summed E-state index contributed by atoms with van der Waals surface area (Å²) in [6.07, 6.45) is -3.33. The van der Waals surface area contributed by atoms with Crippen LogP contribution in [0.5, 0.6) is 0 Å². The maximum Gasteiger partial charge on any atom is 0.418 e. The number of carbonyl (C=O) groups is 2. The Morgan fingerprint density at radius 3 is 2.41 bits per heavy atom. The number of thiocarbonyl (C=S) groups is 1. The molecule has 0 unspecified atom stereocenters. The Balaban J connectivity index is 2.04. The van der Waals surface area contributed by atoms with Gasteiger partial charge in [0.1, 0.15) is 0 Å². The maximum atomic E-state index is 13.3. The Bertz CT molecular complexity index is 986. The van der Waals surface area contributed by atoms with Crippen molar-refractivity contribution in [3.63, 3.8) is 0 Å². The fraction of sp³-hybridized carbons (Fsp3) is 0.0556. The molecule has 1 saturated heterocycles. The van der Waals surface area contributed by atoms with Crippen LogP contribution in [0.3, 0.4) is 0 Å². The highest BCUT2D eigenvalue weighted by Gasteiger charge is 2.40. The van der Waals surface area contributed by atoms with Crippen molar-refractivity contribution < 1.29 is 27.9 Å². The molecular formula is C18H10F3NO3S2. The molecule has 0 spiro atoms. The highest BCUT2D eigenvalue weighted by molar-refractivity contribution is 8.27. The molecule has 0 radical (unpaired) electrons. The fourth-order valence-electron chi connectivity index (χ4n) is 2.54. The lowest BCUT2D eigenvalue weighted by molar-refractivity contribution is -0.137. The molecule has 9 heteroatoms. The number of carbonyl (C=O) groups excluding carboxylic acids is 1. The number of rotatable bonds is 3. The molecule has 1 N–H and O–H groups in total. The average molecular weight is 409 g/mol. The first-order valence-corrected chi connectivity index (χ1v) is 8.69. The molecule has 1 heterocycles. The van der Waals surface area contributed by atoms with E-state index in [4.69, 9.17) is 12.2 Å². The Kier molecular flexibility index (Phi) is 5.07. The predicted molar refractivity (Wildman–Crippen MR) is 100 cm³/mol. The molecule has 4 nitrogen and oxygen atoms in total. The Hall–Kier alpha value is -2.65. The number of hydrogen-bond acceptors (Lipinski definition) is 4. The summed E-state index contributed by atoms with van der Waals surface area (Å²) in [5.74, 6) is -1.92. The third kappa shape index (κ3) is 3.74. The molecule has 2 aromatic carbocycles. The fourth-order valence-corrected chi connectivity index (χ4v) is 3.82. The predicted octanol–water partition coefficient (Wildman–Crippen LogP) is 4.81. The van der Waals surface area contributed by atoms with Crippen LogP contribution in [0.1, 0.15) is 21.5 Å². The summed E-state index contributed by atoms with van der Waals surface area (Å²) >= 11 is 5.92. The van der Waals surface area contributed by atoms with Gasteiger partial charge in [0.15, 0.2) is 4.32 Å². The topological polar surface area (TPSA) is 57.6 Å². The van der Waals surface area contributed by atoms with E-state index in [1.807, 2.05) is 0 Å². The summed E-state index contributed by atoms with van der Waals surface area (Å²) < 4.78 is 39.8. The second-order valence-corrected chi connectivity index (χ2v) is 7.10. The lowest BCUT2D eigenvalue weighted by atomic mass is 10.1. The number of alkyl halides is 3. The molecule has 1 fully saturated rings. The zero-order valence-corrected chi connectivity index (χ0v) is 15.0. The number of aromatic carboxylic acids is 1. The number of benzene rings is 2. The van der Waals surface area contributed by atoms with Crippen molar-refractivity contribution in [2.24, 2.45) is 0 Å². The molecule has 0 aromatic heterocycles. The summed E-state index contributed by atoms with van der Waals surface area (Å²) in [5, 5.41) is 9.23. The van der Waals surface area contributed by atoms with Crippen LogP contribution in [0.25, 0.3) is 6.08 Å². The summed E-state index contributed by atoms with van der Waals surface area (Å²) in [5.41, 5.74) is -1.11. The minimum absolute atomic E-state index is 0.0292. The standard InChI is InChI=1S/C18H10F3NO3S2/c19-18(20,21)12-7-3-4-8-13(12)22-15(23)14(27-17(22)26)9-10-5-1-2-6-11(10)16(24)25/h1-9H,(H,24,25)/b14-9+. The number of nitrogens with zero attached hydrogens (tertiary/aromatic N) is 1. The van der Waals surface area contributed by atoms with Gasteiger partial charge < -0.3 is 5.11 Å². The zero-order valence-electron chi connectivity index (χ0n) is 13.4. The van der Waals surface area contributed by atoms with Gasteiger partial charge in [0.2, 0.25) is 0 Å². The van der Waals surface area contributed by atoms with Gasteiger partial charge in [-0.05, 0) is 29.8 Å². The van der Waals surface area contributed by atoms with Crippen molar-refractivity contribution in [1.29, 1.82) is 0 Å². The van der Waals surface area contributed by atoms with Crippen LogP contribution in [0, 0.1) is 0 Å². The van der Waals surface area contributed by atoms with E-state index in [1.54, 1.807) is 6.07 Å². The number of para-hydroxylation sites is 1. The third-order valence-corrected chi connectivity index (χ3v) is 5.02. The molecule has 0 atom stereocenters. The third-order valence-electron chi connectivity index (χ3n) is 3.72. The molecule has 0 aliphatic carbocycles. The molecule has 2 aromatic rings. The molecule has 27 heavy (non-hydrogen) atoms. The summed E-state index contributed by atoms with van der Waals surface area (Å²) in [6, 6.07) is 10.6. The van der Waals surface area contributed by atoms with Crippen LogP contribution in [-0.4, -0.2) is 21.3 Å². The molecule has 0 bridgehead atoms. The minimum atomic E-state index is -4.65. The van der Waals surface area contributed by atoms with Crippen molar-refractivity contribution in [1.82, 2.24) is 0 Å². The first-order chi connectivity index (χ1) is 12.7. The number of halogens is 3. The van der Waals surface area contributed by atoms with Gasteiger partial charge in [-0.3, -0.25) is 9.69 Å². The average Bonchev–Trinajstić information content (AvgIpc) is 2.88.